The van der Waals surface area contributed by atoms with E-state index in [0.717, 1.165) is 30.8 Å². The van der Waals surface area contributed by atoms with Crippen molar-refractivity contribution in [1.82, 2.24) is 4.90 Å². The van der Waals surface area contributed by atoms with Crippen LogP contribution in [0.1, 0.15) is 30.6 Å². The van der Waals surface area contributed by atoms with Gasteiger partial charge in [0.05, 0.1) is 11.6 Å². The first kappa shape index (κ1) is 11.6. The average Bonchev–Trinajstić information content (AvgIpc) is 2.74. The van der Waals surface area contributed by atoms with Crippen LogP contribution in [-0.4, -0.2) is 29.9 Å². The molecule has 0 bridgehead atoms. The molecule has 18 heavy (non-hydrogen) atoms. The lowest BCUT2D eigenvalue weighted by Gasteiger charge is -2.28. The fourth-order valence-corrected chi connectivity index (χ4v) is 3.36. The Balaban J connectivity index is 1.95. The zero-order valence-electron chi connectivity index (χ0n) is 11.0. The molecule has 0 unspecified atom stereocenters. The van der Waals surface area contributed by atoms with Gasteiger partial charge >= 0.3 is 0 Å². The summed E-state index contributed by atoms with van der Waals surface area (Å²) in [6, 6.07) is 8.20. The lowest BCUT2D eigenvalue weighted by atomic mass is 9.88. The molecule has 3 heteroatoms. The molecule has 0 spiro atoms. The van der Waals surface area contributed by atoms with E-state index in [2.05, 4.69) is 24.1 Å². The van der Waals surface area contributed by atoms with Gasteiger partial charge < -0.3 is 10.2 Å². The third-order valence-corrected chi connectivity index (χ3v) is 4.37. The SMILES string of the molecule is CC(C)[C@@H]1CCN2C(=O)c3ccccc3NC[C@H]12. The molecule has 96 valence electrons. The molecular formula is C15H20N2O. The molecule has 3 nitrogen and oxygen atoms in total. The van der Waals surface area contributed by atoms with E-state index in [9.17, 15) is 4.79 Å². The number of carbonyl (C=O) groups excluding carboxylic acids is 1. The van der Waals surface area contributed by atoms with Crippen LogP contribution in [0.3, 0.4) is 0 Å². The summed E-state index contributed by atoms with van der Waals surface area (Å²) in [4.78, 5) is 14.6. The molecule has 2 atom stereocenters. The van der Waals surface area contributed by atoms with Gasteiger partial charge in [-0.15, -0.1) is 0 Å². The Hall–Kier alpha value is -1.51. The van der Waals surface area contributed by atoms with Crippen LogP contribution in [0.25, 0.3) is 0 Å². The standard InChI is InChI=1S/C15H20N2O/c1-10(2)11-7-8-17-14(11)9-16-13-6-4-3-5-12(13)15(17)18/h3-6,10-11,14,16H,7-9H2,1-2H3/t11-,14+/m0/s1. The van der Waals surface area contributed by atoms with Gasteiger partial charge in [-0.3, -0.25) is 4.79 Å². The molecule has 1 aromatic carbocycles. The number of amides is 1. The fraction of sp³-hybridized carbons (Fsp3) is 0.533. The molecule has 2 aliphatic heterocycles. The van der Waals surface area contributed by atoms with Crippen molar-refractivity contribution in [2.45, 2.75) is 26.3 Å². The van der Waals surface area contributed by atoms with E-state index in [1.165, 1.54) is 0 Å². The van der Waals surface area contributed by atoms with E-state index in [4.69, 9.17) is 0 Å². The maximum Gasteiger partial charge on any atom is 0.256 e. The van der Waals surface area contributed by atoms with E-state index in [0.29, 0.717) is 17.9 Å². The van der Waals surface area contributed by atoms with E-state index in [1.54, 1.807) is 0 Å². The van der Waals surface area contributed by atoms with Crippen molar-refractivity contribution in [3.63, 3.8) is 0 Å². The second-order valence-electron chi connectivity index (χ2n) is 5.69. The highest BCUT2D eigenvalue weighted by atomic mass is 16.2. The van der Waals surface area contributed by atoms with Gasteiger partial charge in [-0.2, -0.15) is 0 Å². The number of hydrogen-bond acceptors (Lipinski definition) is 2. The highest BCUT2D eigenvalue weighted by Crippen LogP contribution is 2.34. The third kappa shape index (κ3) is 1.69. The molecule has 0 aliphatic carbocycles. The lowest BCUT2D eigenvalue weighted by Crippen LogP contribution is -2.41. The number of hydrogen-bond donors (Lipinski definition) is 1. The summed E-state index contributed by atoms with van der Waals surface area (Å²) in [5, 5.41) is 3.45. The summed E-state index contributed by atoms with van der Waals surface area (Å²) in [7, 11) is 0. The summed E-state index contributed by atoms with van der Waals surface area (Å²) in [6.45, 7) is 6.31. The van der Waals surface area contributed by atoms with Crippen LogP contribution in [-0.2, 0) is 0 Å². The minimum Gasteiger partial charge on any atom is -0.382 e. The van der Waals surface area contributed by atoms with Crippen molar-refractivity contribution in [2.75, 3.05) is 18.4 Å². The van der Waals surface area contributed by atoms with Gasteiger partial charge in [-0.05, 0) is 30.4 Å². The molecule has 1 N–H and O–H groups in total. The van der Waals surface area contributed by atoms with Crippen LogP contribution in [0.2, 0.25) is 0 Å². The Labute approximate surface area is 108 Å². The summed E-state index contributed by atoms with van der Waals surface area (Å²) < 4.78 is 0. The van der Waals surface area contributed by atoms with Crippen LogP contribution in [0.4, 0.5) is 5.69 Å². The Kier molecular flexibility index (Phi) is 2.77. The van der Waals surface area contributed by atoms with Crippen molar-refractivity contribution in [1.29, 1.82) is 0 Å². The maximum atomic E-state index is 12.6. The number of para-hydroxylation sites is 1. The Morgan fingerprint density at radius 2 is 2.11 bits per heavy atom. The smallest absolute Gasteiger partial charge is 0.256 e. The van der Waals surface area contributed by atoms with Crippen LogP contribution in [0, 0.1) is 11.8 Å². The Morgan fingerprint density at radius 1 is 1.33 bits per heavy atom. The monoisotopic (exact) mass is 244 g/mol. The van der Waals surface area contributed by atoms with Gasteiger partial charge in [0.15, 0.2) is 0 Å². The number of benzene rings is 1. The minimum atomic E-state index is 0.198. The molecule has 0 radical (unpaired) electrons. The number of nitrogens with one attached hydrogen (secondary N) is 1. The van der Waals surface area contributed by atoms with Crippen molar-refractivity contribution in [2.24, 2.45) is 11.8 Å². The number of carbonyl (C=O) groups is 1. The van der Waals surface area contributed by atoms with Crippen LogP contribution in [0.15, 0.2) is 24.3 Å². The molecule has 3 rings (SSSR count). The summed E-state index contributed by atoms with van der Waals surface area (Å²) in [5.41, 5.74) is 1.81. The molecular weight excluding hydrogens is 224 g/mol. The van der Waals surface area contributed by atoms with Gasteiger partial charge in [0.25, 0.3) is 5.91 Å². The van der Waals surface area contributed by atoms with Gasteiger partial charge in [0.1, 0.15) is 0 Å². The molecule has 1 amide bonds. The van der Waals surface area contributed by atoms with Crippen LogP contribution < -0.4 is 5.32 Å². The zero-order chi connectivity index (χ0) is 12.7. The van der Waals surface area contributed by atoms with E-state index in [1.807, 2.05) is 24.3 Å². The number of nitrogens with zero attached hydrogens (tertiary/aromatic N) is 1. The molecule has 1 aromatic rings. The molecule has 1 saturated heterocycles. The van der Waals surface area contributed by atoms with E-state index in [-0.39, 0.29) is 5.91 Å². The van der Waals surface area contributed by atoms with E-state index < -0.39 is 0 Å². The van der Waals surface area contributed by atoms with Crippen LogP contribution >= 0.6 is 0 Å². The summed E-state index contributed by atoms with van der Waals surface area (Å²) in [6.07, 6.45) is 1.14. The average molecular weight is 244 g/mol. The quantitative estimate of drug-likeness (QED) is 0.823. The first-order chi connectivity index (χ1) is 8.68. The molecule has 0 saturated carbocycles. The highest BCUT2D eigenvalue weighted by Gasteiger charge is 2.40. The minimum absolute atomic E-state index is 0.198. The fourth-order valence-electron chi connectivity index (χ4n) is 3.36. The van der Waals surface area contributed by atoms with Crippen LogP contribution in [0.5, 0.6) is 0 Å². The maximum absolute atomic E-state index is 12.6. The molecule has 2 aliphatic rings. The molecule has 0 aromatic heterocycles. The van der Waals surface area contributed by atoms with Crippen molar-refractivity contribution >= 4 is 11.6 Å². The predicted molar refractivity (Wildman–Crippen MR) is 72.7 cm³/mol. The largest absolute Gasteiger partial charge is 0.382 e. The van der Waals surface area contributed by atoms with Gasteiger partial charge in [-0.1, -0.05) is 26.0 Å². The van der Waals surface area contributed by atoms with Crippen molar-refractivity contribution < 1.29 is 4.79 Å². The summed E-state index contributed by atoms with van der Waals surface area (Å²) in [5.74, 6) is 1.45. The second kappa shape index (κ2) is 4.30. The second-order valence-corrected chi connectivity index (χ2v) is 5.69. The highest BCUT2D eigenvalue weighted by molar-refractivity contribution is 6.00. The third-order valence-electron chi connectivity index (χ3n) is 4.37. The van der Waals surface area contributed by atoms with Crippen molar-refractivity contribution in [3.05, 3.63) is 29.8 Å². The topological polar surface area (TPSA) is 32.3 Å². The van der Waals surface area contributed by atoms with Gasteiger partial charge in [0, 0.05) is 18.8 Å². The number of fused-ring (bicyclic) bond motifs is 2. The molecule has 1 fully saturated rings. The normalized spacial score (nSPS) is 26.6. The first-order valence-corrected chi connectivity index (χ1v) is 6.82. The number of anilines is 1. The number of rotatable bonds is 1. The predicted octanol–water partition coefficient (Wildman–Crippen LogP) is 2.60. The summed E-state index contributed by atoms with van der Waals surface area (Å²) >= 11 is 0. The first-order valence-electron chi connectivity index (χ1n) is 6.82. The zero-order valence-corrected chi connectivity index (χ0v) is 11.0. The lowest BCUT2D eigenvalue weighted by molar-refractivity contribution is 0.0725. The Morgan fingerprint density at radius 3 is 2.89 bits per heavy atom. The molecule has 2 heterocycles. The van der Waals surface area contributed by atoms with E-state index >= 15 is 0 Å². The Bertz CT molecular complexity index is 469. The van der Waals surface area contributed by atoms with Gasteiger partial charge in [-0.25, -0.2) is 0 Å². The van der Waals surface area contributed by atoms with Gasteiger partial charge in [0.2, 0.25) is 0 Å². The van der Waals surface area contributed by atoms with Crippen molar-refractivity contribution in [3.8, 4) is 0 Å².